The molecule has 0 radical (unpaired) electrons. The third-order valence-corrected chi connectivity index (χ3v) is 11.8. The summed E-state index contributed by atoms with van der Waals surface area (Å²) >= 11 is 0. The van der Waals surface area contributed by atoms with Crippen LogP contribution in [0.2, 0.25) is 0 Å². The van der Waals surface area contributed by atoms with Crippen LogP contribution in [0.1, 0.15) is 70.4 Å². The maximum atomic E-state index is 14.1. The Labute approximate surface area is 278 Å². The molecule has 47 heavy (non-hydrogen) atoms. The largest absolute Gasteiger partial charge is 0.483 e. The van der Waals surface area contributed by atoms with E-state index in [2.05, 4.69) is 0 Å². The van der Waals surface area contributed by atoms with Gasteiger partial charge in [0.05, 0.1) is 37.3 Å². The van der Waals surface area contributed by atoms with Crippen molar-refractivity contribution in [1.29, 1.82) is 0 Å². The second-order valence-electron chi connectivity index (χ2n) is 12.0. The molecule has 3 aromatic rings. The first-order valence-corrected chi connectivity index (χ1v) is 18.6. The Kier molecular flexibility index (Phi) is 11.3. The quantitative estimate of drug-likeness (QED) is 0.179. The fourth-order valence-corrected chi connectivity index (χ4v) is 8.09. The highest BCUT2D eigenvalue weighted by Gasteiger charge is 2.51. The highest BCUT2D eigenvalue weighted by molar-refractivity contribution is 7.97. The zero-order chi connectivity index (χ0) is 33.7. The van der Waals surface area contributed by atoms with Gasteiger partial charge in [-0.3, -0.25) is 4.55 Å². The van der Waals surface area contributed by atoms with E-state index in [9.17, 15) is 17.2 Å². The molecule has 3 aromatic carbocycles. The summed E-state index contributed by atoms with van der Waals surface area (Å²) in [5.74, 6) is -1.67. The lowest BCUT2D eigenvalue weighted by Gasteiger charge is -2.32. The van der Waals surface area contributed by atoms with Gasteiger partial charge in [-0.15, -0.1) is 0 Å². The maximum Gasteiger partial charge on any atom is 0.405 e. The van der Waals surface area contributed by atoms with Crippen LogP contribution in [0.3, 0.4) is 0 Å². The fourth-order valence-electron chi connectivity index (χ4n) is 5.58. The molecular formula is C35H43F2O8S2+. The van der Waals surface area contributed by atoms with Gasteiger partial charge >= 0.3 is 15.4 Å². The van der Waals surface area contributed by atoms with Gasteiger partial charge in [0.25, 0.3) is 0 Å². The highest BCUT2D eigenvalue weighted by atomic mass is 32.2. The molecule has 2 aliphatic heterocycles. The van der Waals surface area contributed by atoms with Gasteiger partial charge in [-0.1, -0.05) is 0 Å². The lowest BCUT2D eigenvalue weighted by Crippen LogP contribution is -2.42. The summed E-state index contributed by atoms with van der Waals surface area (Å²) in [7, 11) is -6.28. The Hall–Kier alpha value is -2.58. The minimum absolute atomic E-state index is 0.0387. The van der Waals surface area contributed by atoms with E-state index in [1.54, 1.807) is 12.1 Å². The van der Waals surface area contributed by atoms with Gasteiger partial charge in [-0.25, -0.2) is 0 Å². The lowest BCUT2D eigenvalue weighted by molar-refractivity contribution is -0.242. The zero-order valence-corrected chi connectivity index (χ0v) is 28.6. The van der Waals surface area contributed by atoms with E-state index in [-0.39, 0.29) is 5.75 Å². The van der Waals surface area contributed by atoms with Gasteiger partial charge < -0.3 is 23.7 Å². The van der Waals surface area contributed by atoms with Crippen molar-refractivity contribution in [3.05, 3.63) is 83.9 Å². The molecule has 0 bridgehead atoms. The minimum atomic E-state index is -5.65. The van der Waals surface area contributed by atoms with E-state index in [1.165, 1.54) is 12.1 Å². The smallest absolute Gasteiger partial charge is 0.405 e. The standard InChI is InChI=1S/C35H42F2O8S2/c1-26(35(36,37)47(38,39)40)45-29-14-20-32(21-15-29)46(30-16-10-27(11-17-30)33(2)41-22-6-4-7-23-42-33)31-18-12-28(13-19-31)34(3)43-24-8-5-9-25-44-34/h10-21,26H,4-9,22-25H2,1-3H3/p+1. The van der Waals surface area contributed by atoms with Crippen LogP contribution >= 0.6 is 0 Å². The molecule has 0 saturated carbocycles. The molecule has 12 heteroatoms. The van der Waals surface area contributed by atoms with E-state index in [0.717, 1.165) is 71.3 Å². The minimum Gasteiger partial charge on any atom is -0.483 e. The van der Waals surface area contributed by atoms with Gasteiger partial charge in [0, 0.05) is 11.1 Å². The molecule has 2 heterocycles. The summed E-state index contributed by atoms with van der Waals surface area (Å²) in [5, 5.41) is -4.47. The number of benzene rings is 3. The van der Waals surface area contributed by atoms with Crippen LogP contribution in [0.25, 0.3) is 0 Å². The van der Waals surface area contributed by atoms with E-state index in [4.69, 9.17) is 28.2 Å². The van der Waals surface area contributed by atoms with Crippen molar-refractivity contribution < 1.29 is 45.4 Å². The second kappa shape index (κ2) is 14.9. The fraction of sp³-hybridized carbons (Fsp3) is 0.486. The van der Waals surface area contributed by atoms with Gasteiger partial charge in [0.1, 0.15) is 5.75 Å². The molecule has 2 aliphatic rings. The van der Waals surface area contributed by atoms with Crippen molar-refractivity contribution >= 4 is 21.0 Å². The SMILES string of the molecule is CC(Oc1ccc([S+](c2ccc(C3(C)OCCCCCO3)cc2)c2ccc(C3(C)OCCCCCO3)cc2)cc1)C(F)(F)S(=O)(=O)O. The van der Waals surface area contributed by atoms with Crippen LogP contribution in [0.5, 0.6) is 5.75 Å². The van der Waals surface area contributed by atoms with Crippen molar-refractivity contribution in [2.24, 2.45) is 0 Å². The van der Waals surface area contributed by atoms with Crippen molar-refractivity contribution in [3.8, 4) is 5.75 Å². The normalized spacial score (nSPS) is 20.0. The topological polar surface area (TPSA) is 101 Å². The van der Waals surface area contributed by atoms with Gasteiger partial charge in [0.2, 0.25) is 0 Å². The highest BCUT2D eigenvalue weighted by Crippen LogP contribution is 2.38. The van der Waals surface area contributed by atoms with E-state index in [0.29, 0.717) is 26.4 Å². The number of hydrogen-bond acceptors (Lipinski definition) is 7. The first-order chi connectivity index (χ1) is 22.3. The molecular weight excluding hydrogens is 651 g/mol. The van der Waals surface area contributed by atoms with E-state index < -0.39 is 43.9 Å². The number of ether oxygens (including phenoxy) is 5. The Balaban J connectivity index is 1.46. The molecule has 1 atom stereocenters. The van der Waals surface area contributed by atoms with E-state index >= 15 is 0 Å². The predicted molar refractivity (Wildman–Crippen MR) is 174 cm³/mol. The molecule has 0 aromatic heterocycles. The zero-order valence-electron chi connectivity index (χ0n) is 27.0. The molecule has 1 N–H and O–H groups in total. The maximum absolute atomic E-state index is 14.1. The first kappa shape index (κ1) is 35.7. The number of alkyl halides is 2. The van der Waals surface area contributed by atoms with Crippen LogP contribution in [-0.4, -0.2) is 50.8 Å². The molecule has 8 nitrogen and oxygen atoms in total. The van der Waals surface area contributed by atoms with Crippen LogP contribution < -0.4 is 4.74 Å². The Morgan fingerprint density at radius 3 is 1.36 bits per heavy atom. The van der Waals surface area contributed by atoms with Crippen molar-refractivity contribution in [2.75, 3.05) is 26.4 Å². The molecule has 0 spiro atoms. The molecule has 2 fully saturated rings. The van der Waals surface area contributed by atoms with Crippen LogP contribution in [0, 0.1) is 0 Å². The summed E-state index contributed by atoms with van der Waals surface area (Å²) < 4.78 is 89.5. The number of halogens is 2. The third-order valence-electron chi connectivity index (χ3n) is 8.51. The number of hydrogen-bond donors (Lipinski definition) is 1. The van der Waals surface area contributed by atoms with Crippen LogP contribution in [0.4, 0.5) is 8.78 Å². The summed E-state index contributed by atoms with van der Waals surface area (Å²) in [6, 6.07) is 22.8. The van der Waals surface area contributed by atoms with Crippen molar-refractivity contribution in [3.63, 3.8) is 0 Å². The average molecular weight is 694 g/mol. The summed E-state index contributed by atoms with van der Waals surface area (Å²) in [6.45, 7) is 7.24. The summed E-state index contributed by atoms with van der Waals surface area (Å²) in [5.41, 5.74) is 1.82. The first-order valence-electron chi connectivity index (χ1n) is 16.0. The summed E-state index contributed by atoms with van der Waals surface area (Å²) in [6.07, 6.45) is 3.96. The van der Waals surface area contributed by atoms with Crippen molar-refractivity contribution in [2.45, 2.75) is 96.9 Å². The van der Waals surface area contributed by atoms with Crippen LogP contribution in [-0.2, 0) is 51.5 Å². The van der Waals surface area contributed by atoms with E-state index in [1.807, 2.05) is 62.4 Å². The molecule has 0 amide bonds. The summed E-state index contributed by atoms with van der Waals surface area (Å²) in [4.78, 5) is 2.88. The van der Waals surface area contributed by atoms with Crippen LogP contribution in [0.15, 0.2) is 87.5 Å². The second-order valence-corrected chi connectivity index (χ2v) is 15.6. The molecule has 5 rings (SSSR count). The van der Waals surface area contributed by atoms with Gasteiger partial charge in [0.15, 0.2) is 32.4 Å². The third kappa shape index (κ3) is 8.36. The van der Waals surface area contributed by atoms with Crippen molar-refractivity contribution in [1.82, 2.24) is 0 Å². The Bertz CT molecular complexity index is 1480. The Morgan fingerprint density at radius 1 is 0.681 bits per heavy atom. The average Bonchev–Trinajstić information content (AvgIpc) is 3.02. The van der Waals surface area contributed by atoms with Gasteiger partial charge in [-0.2, -0.15) is 17.2 Å². The monoisotopic (exact) mass is 693 g/mol. The number of rotatable bonds is 9. The molecule has 0 aliphatic carbocycles. The molecule has 1 unspecified atom stereocenters. The van der Waals surface area contributed by atoms with Gasteiger partial charge in [-0.05, 0) is 132 Å². The Morgan fingerprint density at radius 2 is 1.02 bits per heavy atom. The lowest BCUT2D eigenvalue weighted by atomic mass is 10.1. The molecule has 256 valence electrons. The molecule has 2 saturated heterocycles. The predicted octanol–water partition coefficient (Wildman–Crippen LogP) is 7.81.